The molecule has 4 rings (SSSR count). The monoisotopic (exact) mass is 342 g/mol. The number of ketones is 1. The van der Waals surface area contributed by atoms with E-state index in [4.69, 9.17) is 5.10 Å². The summed E-state index contributed by atoms with van der Waals surface area (Å²) >= 11 is 0. The summed E-state index contributed by atoms with van der Waals surface area (Å²) in [7, 11) is 3.63. The summed E-state index contributed by atoms with van der Waals surface area (Å²) in [5.74, 6) is 0.720. The van der Waals surface area contributed by atoms with Crippen molar-refractivity contribution in [1.29, 1.82) is 0 Å². The predicted octanol–water partition coefficient (Wildman–Crippen LogP) is 1.48. The fraction of sp³-hybridized carbons (Fsp3) is 0.588. The zero-order chi connectivity index (χ0) is 17.9. The van der Waals surface area contributed by atoms with E-state index in [0.717, 1.165) is 36.1 Å². The molecule has 3 atom stereocenters. The van der Waals surface area contributed by atoms with Crippen LogP contribution < -0.4 is 0 Å². The van der Waals surface area contributed by atoms with Crippen molar-refractivity contribution in [2.24, 2.45) is 25.9 Å². The van der Waals surface area contributed by atoms with Crippen LogP contribution in [-0.2, 0) is 30.7 Å². The lowest BCUT2D eigenvalue weighted by atomic mass is 9.55. The highest BCUT2D eigenvalue weighted by Gasteiger charge is 2.52. The molecule has 0 bridgehead atoms. The summed E-state index contributed by atoms with van der Waals surface area (Å²) in [5.41, 5.74) is 3.22. The van der Waals surface area contributed by atoms with Gasteiger partial charge in [-0.2, -0.15) is 9.90 Å². The minimum atomic E-state index is -0.284. The van der Waals surface area contributed by atoms with Crippen molar-refractivity contribution < 1.29 is 9.90 Å². The van der Waals surface area contributed by atoms with E-state index in [1.54, 1.807) is 7.05 Å². The van der Waals surface area contributed by atoms with Gasteiger partial charge in [-0.25, -0.2) is 0 Å². The molecule has 25 heavy (non-hydrogen) atoms. The van der Waals surface area contributed by atoms with Crippen molar-refractivity contribution in [3.63, 3.8) is 0 Å². The molecule has 0 unspecified atom stereocenters. The van der Waals surface area contributed by atoms with E-state index in [-0.39, 0.29) is 23.0 Å². The molecule has 132 valence electrons. The molecule has 1 fully saturated rings. The Morgan fingerprint density at radius 3 is 2.72 bits per heavy atom. The number of carbonyl (C=O) groups excluding carboxylic acids is 1. The average molecular weight is 342 g/mol. The Hall–Kier alpha value is -2.51. The molecule has 2 aliphatic rings. The fourth-order valence-electron chi connectivity index (χ4n) is 4.80. The number of allylic oxidation sites excluding steroid dienone is 1. The Morgan fingerprint density at radius 1 is 1.32 bits per heavy atom. The summed E-state index contributed by atoms with van der Waals surface area (Å²) in [4.78, 5) is 13.9. The minimum absolute atomic E-state index is 0.0557. The average Bonchev–Trinajstić information content (AvgIpc) is 3.14. The quantitative estimate of drug-likeness (QED) is 0.622. The Bertz CT molecular complexity index is 895. The van der Waals surface area contributed by atoms with Gasteiger partial charge in [-0.05, 0) is 30.4 Å². The highest BCUT2D eigenvalue weighted by molar-refractivity contribution is 5.98. The number of aromatic nitrogens is 6. The Kier molecular flexibility index (Phi) is 3.35. The maximum absolute atomic E-state index is 12.5. The topological polar surface area (TPSA) is 98.7 Å². The molecule has 2 aromatic rings. The second kappa shape index (κ2) is 5.24. The van der Waals surface area contributed by atoms with Gasteiger partial charge in [-0.15, -0.1) is 10.2 Å². The van der Waals surface area contributed by atoms with Crippen LogP contribution in [0.25, 0.3) is 11.5 Å². The number of carbonyl (C=O) groups is 1. The first-order valence-corrected chi connectivity index (χ1v) is 8.55. The van der Waals surface area contributed by atoms with E-state index in [0.29, 0.717) is 17.8 Å². The predicted molar refractivity (Wildman–Crippen MR) is 89.7 cm³/mol. The minimum Gasteiger partial charge on any atom is -0.515 e. The smallest absolute Gasteiger partial charge is 0.223 e. The molecular formula is C17H22N6O2. The van der Waals surface area contributed by atoms with Crippen LogP contribution in [0, 0.1) is 11.8 Å². The highest BCUT2D eigenvalue weighted by Crippen LogP contribution is 2.53. The molecule has 1 saturated carbocycles. The SMILES string of the molecule is C[C@@H]1C(=O)/C(=C\O)C[C@]2(C)c3nn(C)c(-c4nnn(C)n4)c3CC[C@@H]12. The maximum Gasteiger partial charge on any atom is 0.223 e. The van der Waals surface area contributed by atoms with Gasteiger partial charge in [-0.1, -0.05) is 13.8 Å². The van der Waals surface area contributed by atoms with E-state index in [1.165, 1.54) is 4.80 Å². The number of aliphatic hydroxyl groups is 1. The summed E-state index contributed by atoms with van der Waals surface area (Å²) in [6, 6.07) is 0. The molecule has 2 aliphatic carbocycles. The van der Waals surface area contributed by atoms with Crippen molar-refractivity contribution >= 4 is 5.78 Å². The van der Waals surface area contributed by atoms with Crippen LogP contribution in [0.2, 0.25) is 0 Å². The molecule has 8 heteroatoms. The van der Waals surface area contributed by atoms with E-state index in [2.05, 4.69) is 22.3 Å². The van der Waals surface area contributed by atoms with Crippen LogP contribution in [0.15, 0.2) is 11.8 Å². The second-order valence-corrected chi connectivity index (χ2v) is 7.45. The number of rotatable bonds is 1. The van der Waals surface area contributed by atoms with Crippen LogP contribution in [0.1, 0.15) is 37.9 Å². The Labute approximate surface area is 145 Å². The largest absolute Gasteiger partial charge is 0.515 e. The van der Waals surface area contributed by atoms with Crippen LogP contribution >= 0.6 is 0 Å². The van der Waals surface area contributed by atoms with Crippen LogP contribution in [-0.4, -0.2) is 40.9 Å². The van der Waals surface area contributed by atoms with Gasteiger partial charge < -0.3 is 5.11 Å². The van der Waals surface area contributed by atoms with Crippen LogP contribution in [0.5, 0.6) is 0 Å². The molecule has 0 spiro atoms. The van der Waals surface area contributed by atoms with Gasteiger partial charge in [0.05, 0.1) is 19.0 Å². The van der Waals surface area contributed by atoms with Gasteiger partial charge in [0.1, 0.15) is 5.69 Å². The Balaban J connectivity index is 1.88. The number of hydrogen-bond donors (Lipinski definition) is 1. The number of Topliss-reactive ketones (excluding diaryl/α,β-unsaturated/α-hetero) is 1. The van der Waals surface area contributed by atoms with Gasteiger partial charge in [0.25, 0.3) is 0 Å². The van der Waals surface area contributed by atoms with E-state index in [9.17, 15) is 9.90 Å². The number of aryl methyl sites for hydroxylation is 2. The van der Waals surface area contributed by atoms with Gasteiger partial charge in [-0.3, -0.25) is 9.48 Å². The third-order valence-electron chi connectivity index (χ3n) is 5.98. The molecule has 0 radical (unpaired) electrons. The highest BCUT2D eigenvalue weighted by atomic mass is 16.2. The summed E-state index contributed by atoms with van der Waals surface area (Å²) in [5, 5.41) is 26.8. The van der Waals surface area contributed by atoms with Crippen LogP contribution in [0.3, 0.4) is 0 Å². The first-order valence-electron chi connectivity index (χ1n) is 8.55. The van der Waals surface area contributed by atoms with Gasteiger partial charge in [0.2, 0.25) is 5.82 Å². The second-order valence-electron chi connectivity index (χ2n) is 7.45. The third kappa shape index (κ3) is 2.09. The Morgan fingerprint density at radius 2 is 2.08 bits per heavy atom. The zero-order valence-electron chi connectivity index (χ0n) is 14.9. The molecule has 8 nitrogen and oxygen atoms in total. The summed E-state index contributed by atoms with van der Waals surface area (Å²) < 4.78 is 1.82. The maximum atomic E-state index is 12.5. The summed E-state index contributed by atoms with van der Waals surface area (Å²) in [6.07, 6.45) is 3.23. The lowest BCUT2D eigenvalue weighted by Crippen LogP contribution is -2.47. The first-order chi connectivity index (χ1) is 11.9. The molecule has 0 saturated heterocycles. The number of fused-ring (bicyclic) bond motifs is 3. The van der Waals surface area contributed by atoms with Crippen molar-refractivity contribution in [2.75, 3.05) is 0 Å². The third-order valence-corrected chi connectivity index (χ3v) is 5.98. The standard InChI is InChI=1S/C17H22N6O2/c1-9-12-6-5-11-13(16-18-21-23(4)20-16)22(3)19-15(11)17(12,2)7-10(8-24)14(9)25/h8-9,12,24H,5-7H2,1-4H3/b10-8-/t9-,12-,17-/m0/s1. The summed E-state index contributed by atoms with van der Waals surface area (Å²) in [6.45, 7) is 4.12. The van der Waals surface area contributed by atoms with Crippen LogP contribution in [0.4, 0.5) is 0 Å². The molecular weight excluding hydrogens is 320 g/mol. The number of nitrogens with zero attached hydrogens (tertiary/aromatic N) is 6. The van der Waals surface area contributed by atoms with Gasteiger partial charge in [0, 0.05) is 29.5 Å². The van der Waals surface area contributed by atoms with Crippen molar-refractivity contribution in [1.82, 2.24) is 30.0 Å². The molecule has 0 amide bonds. The van der Waals surface area contributed by atoms with E-state index in [1.807, 2.05) is 18.7 Å². The van der Waals surface area contributed by atoms with Crippen molar-refractivity contribution in [3.05, 3.63) is 23.1 Å². The zero-order valence-corrected chi connectivity index (χ0v) is 14.9. The lowest BCUT2D eigenvalue weighted by Gasteiger charge is -2.47. The van der Waals surface area contributed by atoms with E-state index < -0.39 is 0 Å². The van der Waals surface area contributed by atoms with Crippen molar-refractivity contribution in [3.8, 4) is 11.5 Å². The molecule has 0 aromatic carbocycles. The molecule has 1 N–H and O–H groups in total. The lowest BCUT2D eigenvalue weighted by molar-refractivity contribution is -0.124. The number of aliphatic hydroxyl groups excluding tert-OH is 1. The fourth-order valence-corrected chi connectivity index (χ4v) is 4.80. The first kappa shape index (κ1) is 16.0. The number of hydrogen-bond acceptors (Lipinski definition) is 6. The molecule has 2 aromatic heterocycles. The van der Waals surface area contributed by atoms with Gasteiger partial charge >= 0.3 is 0 Å². The molecule has 2 heterocycles. The number of tetrazole rings is 1. The normalized spacial score (nSPS) is 30.4. The van der Waals surface area contributed by atoms with E-state index >= 15 is 0 Å². The van der Waals surface area contributed by atoms with Gasteiger partial charge in [0.15, 0.2) is 5.78 Å². The molecule has 0 aliphatic heterocycles. The van der Waals surface area contributed by atoms with Crippen molar-refractivity contribution in [2.45, 2.75) is 38.5 Å².